The lowest BCUT2D eigenvalue weighted by atomic mass is 10.2. The summed E-state index contributed by atoms with van der Waals surface area (Å²) in [5.74, 6) is 1.04. The highest BCUT2D eigenvalue weighted by Gasteiger charge is 2.24. The topological polar surface area (TPSA) is 38.4 Å². The first-order valence-corrected chi connectivity index (χ1v) is 4.80. The van der Waals surface area contributed by atoms with Gasteiger partial charge in [-0.3, -0.25) is 4.99 Å². The maximum atomic E-state index is 12.6. The molecule has 0 heterocycles. The Kier molecular flexibility index (Phi) is 2.48. The SMILES string of the molecule is NC(=NCc1ccc(F)cc1)C1CC1. The molecule has 0 aromatic heterocycles. The largest absolute Gasteiger partial charge is 0.387 e. The van der Waals surface area contributed by atoms with E-state index in [0.29, 0.717) is 12.5 Å². The predicted molar refractivity (Wildman–Crippen MR) is 54.5 cm³/mol. The quantitative estimate of drug-likeness (QED) is 0.578. The van der Waals surface area contributed by atoms with Crippen LogP contribution in [-0.2, 0) is 6.54 Å². The molecule has 3 heteroatoms. The normalized spacial score (nSPS) is 17.1. The molecule has 2 rings (SSSR count). The summed E-state index contributed by atoms with van der Waals surface area (Å²) in [6, 6.07) is 6.36. The second kappa shape index (κ2) is 3.78. The van der Waals surface area contributed by atoms with Crippen LogP contribution in [0.4, 0.5) is 4.39 Å². The number of rotatable bonds is 3. The van der Waals surface area contributed by atoms with E-state index in [0.717, 1.165) is 11.4 Å². The van der Waals surface area contributed by atoms with E-state index in [2.05, 4.69) is 4.99 Å². The zero-order chi connectivity index (χ0) is 9.97. The summed E-state index contributed by atoms with van der Waals surface area (Å²) in [4.78, 5) is 4.26. The van der Waals surface area contributed by atoms with E-state index in [1.54, 1.807) is 12.1 Å². The Morgan fingerprint density at radius 1 is 1.36 bits per heavy atom. The zero-order valence-electron chi connectivity index (χ0n) is 7.91. The molecule has 1 saturated carbocycles. The number of nitrogens with two attached hydrogens (primary N) is 1. The Bertz CT molecular complexity index is 339. The Morgan fingerprint density at radius 3 is 2.57 bits per heavy atom. The van der Waals surface area contributed by atoms with Crippen molar-refractivity contribution in [1.82, 2.24) is 0 Å². The van der Waals surface area contributed by atoms with Gasteiger partial charge in [-0.25, -0.2) is 4.39 Å². The minimum Gasteiger partial charge on any atom is -0.387 e. The van der Waals surface area contributed by atoms with Gasteiger partial charge in [0.2, 0.25) is 0 Å². The van der Waals surface area contributed by atoms with E-state index in [-0.39, 0.29) is 5.82 Å². The van der Waals surface area contributed by atoms with E-state index < -0.39 is 0 Å². The summed E-state index contributed by atoms with van der Waals surface area (Å²) >= 11 is 0. The van der Waals surface area contributed by atoms with Crippen LogP contribution in [0.1, 0.15) is 18.4 Å². The number of hydrogen-bond acceptors (Lipinski definition) is 1. The van der Waals surface area contributed by atoms with Gasteiger partial charge in [0.05, 0.1) is 12.4 Å². The molecule has 74 valence electrons. The molecule has 0 spiro atoms. The van der Waals surface area contributed by atoms with Crippen LogP contribution in [0.3, 0.4) is 0 Å². The number of aliphatic imine (C=N–C) groups is 1. The molecule has 0 saturated heterocycles. The summed E-state index contributed by atoms with van der Waals surface area (Å²) in [5, 5.41) is 0. The summed E-state index contributed by atoms with van der Waals surface area (Å²) in [7, 11) is 0. The molecule has 0 amide bonds. The average Bonchev–Trinajstić information content (AvgIpc) is 3.00. The third kappa shape index (κ3) is 2.31. The van der Waals surface area contributed by atoms with Gasteiger partial charge in [-0.15, -0.1) is 0 Å². The highest BCUT2D eigenvalue weighted by molar-refractivity contribution is 5.84. The fourth-order valence-corrected chi connectivity index (χ4v) is 1.28. The fourth-order valence-electron chi connectivity index (χ4n) is 1.28. The van der Waals surface area contributed by atoms with Crippen LogP contribution in [0.25, 0.3) is 0 Å². The molecular formula is C11H13FN2. The van der Waals surface area contributed by atoms with Gasteiger partial charge in [-0.05, 0) is 30.5 Å². The first-order chi connectivity index (χ1) is 6.75. The average molecular weight is 192 g/mol. The van der Waals surface area contributed by atoms with Crippen molar-refractivity contribution in [3.8, 4) is 0 Å². The molecule has 14 heavy (non-hydrogen) atoms. The summed E-state index contributed by atoms with van der Waals surface area (Å²) < 4.78 is 12.6. The van der Waals surface area contributed by atoms with E-state index in [9.17, 15) is 4.39 Å². The van der Waals surface area contributed by atoms with Crippen LogP contribution in [0, 0.1) is 11.7 Å². The molecule has 0 radical (unpaired) electrons. The summed E-state index contributed by atoms with van der Waals surface area (Å²) in [5.41, 5.74) is 6.73. The van der Waals surface area contributed by atoms with Crippen molar-refractivity contribution in [2.45, 2.75) is 19.4 Å². The molecule has 2 nitrogen and oxygen atoms in total. The van der Waals surface area contributed by atoms with Crippen LogP contribution in [0.15, 0.2) is 29.3 Å². The predicted octanol–water partition coefficient (Wildman–Crippen LogP) is 2.09. The molecule has 1 aromatic carbocycles. The number of hydrogen-bond donors (Lipinski definition) is 1. The van der Waals surface area contributed by atoms with Crippen molar-refractivity contribution in [2.24, 2.45) is 16.6 Å². The summed E-state index contributed by atoms with van der Waals surface area (Å²) in [6.45, 7) is 0.558. The molecule has 0 bridgehead atoms. The fraction of sp³-hybridized carbons (Fsp3) is 0.364. The van der Waals surface area contributed by atoms with Gasteiger partial charge in [0, 0.05) is 5.92 Å². The van der Waals surface area contributed by atoms with Gasteiger partial charge in [-0.1, -0.05) is 12.1 Å². The maximum Gasteiger partial charge on any atom is 0.123 e. The molecule has 1 aliphatic rings. The smallest absolute Gasteiger partial charge is 0.123 e. The Balaban J connectivity index is 1.96. The molecule has 1 aromatic rings. The molecule has 0 unspecified atom stereocenters. The van der Waals surface area contributed by atoms with Crippen molar-refractivity contribution < 1.29 is 4.39 Å². The lowest BCUT2D eigenvalue weighted by Crippen LogP contribution is -2.14. The van der Waals surface area contributed by atoms with Crippen LogP contribution in [0.2, 0.25) is 0 Å². The number of halogens is 1. The highest BCUT2D eigenvalue weighted by atomic mass is 19.1. The highest BCUT2D eigenvalue weighted by Crippen LogP contribution is 2.28. The maximum absolute atomic E-state index is 12.6. The zero-order valence-corrected chi connectivity index (χ0v) is 7.91. The first kappa shape index (κ1) is 9.19. The van der Waals surface area contributed by atoms with Gasteiger partial charge >= 0.3 is 0 Å². The van der Waals surface area contributed by atoms with Crippen LogP contribution >= 0.6 is 0 Å². The Hall–Kier alpha value is -1.38. The number of amidine groups is 1. The van der Waals surface area contributed by atoms with Crippen LogP contribution < -0.4 is 5.73 Å². The first-order valence-electron chi connectivity index (χ1n) is 4.80. The molecular weight excluding hydrogens is 179 g/mol. The van der Waals surface area contributed by atoms with E-state index in [1.807, 2.05) is 0 Å². The monoisotopic (exact) mass is 192 g/mol. The van der Waals surface area contributed by atoms with Crippen molar-refractivity contribution in [3.63, 3.8) is 0 Å². The molecule has 0 aliphatic heterocycles. The second-order valence-electron chi connectivity index (χ2n) is 3.64. The molecule has 1 fully saturated rings. The van der Waals surface area contributed by atoms with Gasteiger partial charge in [-0.2, -0.15) is 0 Å². The van der Waals surface area contributed by atoms with Gasteiger partial charge < -0.3 is 5.73 Å². The van der Waals surface area contributed by atoms with Crippen molar-refractivity contribution in [2.75, 3.05) is 0 Å². The minimum atomic E-state index is -0.215. The standard InChI is InChI=1S/C11H13FN2/c12-10-5-1-8(2-6-10)7-14-11(13)9-3-4-9/h1-2,5-6,9H,3-4,7H2,(H2,13,14). The molecule has 0 atom stereocenters. The lowest BCUT2D eigenvalue weighted by Gasteiger charge is -1.98. The Morgan fingerprint density at radius 2 is 2.00 bits per heavy atom. The van der Waals surface area contributed by atoms with Gasteiger partial charge in [0.1, 0.15) is 5.82 Å². The third-order valence-electron chi connectivity index (χ3n) is 2.35. The van der Waals surface area contributed by atoms with E-state index >= 15 is 0 Å². The van der Waals surface area contributed by atoms with Gasteiger partial charge in [0.15, 0.2) is 0 Å². The minimum absolute atomic E-state index is 0.215. The lowest BCUT2D eigenvalue weighted by molar-refractivity contribution is 0.627. The van der Waals surface area contributed by atoms with Crippen molar-refractivity contribution in [3.05, 3.63) is 35.6 Å². The van der Waals surface area contributed by atoms with E-state index in [4.69, 9.17) is 5.73 Å². The molecule has 1 aliphatic carbocycles. The van der Waals surface area contributed by atoms with E-state index in [1.165, 1.54) is 25.0 Å². The number of nitrogens with zero attached hydrogens (tertiary/aromatic N) is 1. The van der Waals surface area contributed by atoms with Crippen molar-refractivity contribution >= 4 is 5.84 Å². The van der Waals surface area contributed by atoms with Crippen molar-refractivity contribution in [1.29, 1.82) is 0 Å². The van der Waals surface area contributed by atoms with Crippen LogP contribution in [-0.4, -0.2) is 5.84 Å². The summed E-state index contributed by atoms with van der Waals surface area (Å²) in [6.07, 6.45) is 2.33. The molecule has 2 N–H and O–H groups in total. The third-order valence-corrected chi connectivity index (χ3v) is 2.35. The van der Waals surface area contributed by atoms with Gasteiger partial charge in [0.25, 0.3) is 0 Å². The number of benzene rings is 1. The van der Waals surface area contributed by atoms with Crippen LogP contribution in [0.5, 0.6) is 0 Å². The Labute approximate surface area is 82.7 Å². The second-order valence-corrected chi connectivity index (χ2v) is 3.64.